The van der Waals surface area contributed by atoms with Crippen LogP contribution in [0.1, 0.15) is 13.8 Å². The summed E-state index contributed by atoms with van der Waals surface area (Å²) in [5, 5.41) is 6.20. The third-order valence-corrected chi connectivity index (χ3v) is 3.11. The number of nitrogens with two attached hydrogens (primary N) is 1. The van der Waals surface area contributed by atoms with E-state index < -0.39 is 0 Å². The topological polar surface area (TPSA) is 67.1 Å². The van der Waals surface area contributed by atoms with Crippen molar-refractivity contribution in [1.29, 1.82) is 0 Å². The molecular formula is C10H19N3O. The molecule has 1 aliphatic heterocycles. The average molecular weight is 197 g/mol. The Morgan fingerprint density at radius 2 is 2.07 bits per heavy atom. The van der Waals surface area contributed by atoms with E-state index in [-0.39, 0.29) is 17.4 Å². The lowest BCUT2D eigenvalue weighted by molar-refractivity contribution is -0.123. The Kier molecular flexibility index (Phi) is 2.27. The number of carbonyl (C=O) groups is 1. The van der Waals surface area contributed by atoms with Crippen molar-refractivity contribution in [3.8, 4) is 0 Å². The molecule has 1 aliphatic carbocycles. The van der Waals surface area contributed by atoms with E-state index in [1.54, 1.807) is 0 Å². The molecule has 0 aromatic heterocycles. The third-order valence-electron chi connectivity index (χ3n) is 3.11. The lowest BCUT2D eigenvalue weighted by atomic mass is 10.1. The highest BCUT2D eigenvalue weighted by atomic mass is 16.2. The molecular weight excluding hydrogens is 178 g/mol. The molecule has 2 rings (SSSR count). The van der Waals surface area contributed by atoms with Crippen molar-refractivity contribution >= 4 is 5.91 Å². The van der Waals surface area contributed by atoms with Crippen molar-refractivity contribution in [2.75, 3.05) is 19.6 Å². The normalized spacial score (nSPS) is 35.2. The number of nitrogens with one attached hydrogen (secondary N) is 2. The summed E-state index contributed by atoms with van der Waals surface area (Å²) in [7, 11) is 0. The van der Waals surface area contributed by atoms with Crippen molar-refractivity contribution in [3.05, 3.63) is 0 Å². The Labute approximate surface area is 84.6 Å². The van der Waals surface area contributed by atoms with Crippen LogP contribution in [0.15, 0.2) is 0 Å². The maximum absolute atomic E-state index is 11.7. The molecule has 0 aromatic carbocycles. The van der Waals surface area contributed by atoms with Gasteiger partial charge in [0, 0.05) is 18.0 Å². The van der Waals surface area contributed by atoms with Crippen molar-refractivity contribution in [2.24, 2.45) is 23.5 Å². The van der Waals surface area contributed by atoms with Crippen LogP contribution in [-0.4, -0.2) is 31.1 Å². The molecule has 2 aliphatic rings. The van der Waals surface area contributed by atoms with Crippen LogP contribution < -0.4 is 16.4 Å². The van der Waals surface area contributed by atoms with Crippen LogP contribution in [0.2, 0.25) is 0 Å². The van der Waals surface area contributed by atoms with E-state index in [0.29, 0.717) is 18.4 Å². The van der Waals surface area contributed by atoms with E-state index in [4.69, 9.17) is 5.73 Å². The lowest BCUT2D eigenvalue weighted by Gasteiger charge is -2.19. The van der Waals surface area contributed by atoms with Crippen LogP contribution in [-0.2, 0) is 4.79 Å². The van der Waals surface area contributed by atoms with Crippen LogP contribution in [0.3, 0.4) is 0 Å². The molecule has 4 N–H and O–H groups in total. The van der Waals surface area contributed by atoms with Gasteiger partial charge in [-0.05, 0) is 38.8 Å². The van der Waals surface area contributed by atoms with E-state index in [1.165, 1.54) is 0 Å². The summed E-state index contributed by atoms with van der Waals surface area (Å²) in [5.41, 5.74) is 5.49. The Hall–Kier alpha value is -0.610. The van der Waals surface area contributed by atoms with Crippen molar-refractivity contribution in [1.82, 2.24) is 10.6 Å². The van der Waals surface area contributed by atoms with E-state index in [2.05, 4.69) is 10.6 Å². The van der Waals surface area contributed by atoms with Gasteiger partial charge in [-0.15, -0.1) is 0 Å². The molecule has 1 heterocycles. The van der Waals surface area contributed by atoms with Crippen molar-refractivity contribution < 1.29 is 4.79 Å². The summed E-state index contributed by atoms with van der Waals surface area (Å²) < 4.78 is 0. The number of hydrogen-bond donors (Lipinski definition) is 3. The van der Waals surface area contributed by atoms with Gasteiger partial charge in [0.15, 0.2) is 0 Å². The van der Waals surface area contributed by atoms with Gasteiger partial charge in [0.25, 0.3) is 0 Å². The average Bonchev–Trinajstić information content (AvgIpc) is 2.54. The van der Waals surface area contributed by atoms with E-state index in [1.807, 2.05) is 13.8 Å². The van der Waals surface area contributed by atoms with Crippen LogP contribution in [0.4, 0.5) is 0 Å². The fourth-order valence-corrected chi connectivity index (χ4v) is 2.24. The molecule has 0 bridgehead atoms. The summed E-state index contributed by atoms with van der Waals surface area (Å²) in [6.07, 6.45) is 0. The van der Waals surface area contributed by atoms with Crippen molar-refractivity contribution in [3.63, 3.8) is 0 Å². The monoisotopic (exact) mass is 197 g/mol. The summed E-state index contributed by atoms with van der Waals surface area (Å²) in [4.78, 5) is 11.7. The zero-order valence-electron chi connectivity index (χ0n) is 8.84. The van der Waals surface area contributed by atoms with Crippen LogP contribution in [0.5, 0.6) is 0 Å². The zero-order chi connectivity index (χ0) is 10.3. The number of carbonyl (C=O) groups excluding carboxylic acids is 1. The van der Waals surface area contributed by atoms with Crippen molar-refractivity contribution in [2.45, 2.75) is 19.4 Å². The maximum atomic E-state index is 11.7. The highest BCUT2D eigenvalue weighted by molar-refractivity contribution is 5.82. The number of amides is 1. The Balaban J connectivity index is 1.75. The minimum Gasteiger partial charge on any atom is -0.354 e. The molecule has 1 saturated heterocycles. The first kappa shape index (κ1) is 9.93. The zero-order valence-corrected chi connectivity index (χ0v) is 8.84. The molecule has 2 fully saturated rings. The van der Waals surface area contributed by atoms with Gasteiger partial charge in [0.2, 0.25) is 5.91 Å². The molecule has 4 heteroatoms. The van der Waals surface area contributed by atoms with Gasteiger partial charge in [-0.25, -0.2) is 0 Å². The fourth-order valence-electron chi connectivity index (χ4n) is 2.24. The maximum Gasteiger partial charge on any atom is 0.223 e. The first-order chi connectivity index (χ1) is 6.49. The van der Waals surface area contributed by atoms with Gasteiger partial charge in [-0.3, -0.25) is 4.79 Å². The highest BCUT2D eigenvalue weighted by Crippen LogP contribution is 2.48. The Bertz CT molecular complexity index is 236. The second-order valence-electron chi connectivity index (χ2n) is 5.22. The minimum absolute atomic E-state index is 0.194. The largest absolute Gasteiger partial charge is 0.354 e. The number of fused-ring (bicyclic) bond motifs is 1. The highest BCUT2D eigenvalue weighted by Gasteiger charge is 2.56. The molecule has 0 aromatic rings. The fraction of sp³-hybridized carbons (Fsp3) is 0.900. The molecule has 4 nitrogen and oxygen atoms in total. The molecule has 3 atom stereocenters. The number of hydrogen-bond acceptors (Lipinski definition) is 3. The van der Waals surface area contributed by atoms with Gasteiger partial charge in [-0.2, -0.15) is 0 Å². The van der Waals surface area contributed by atoms with Gasteiger partial charge >= 0.3 is 0 Å². The summed E-state index contributed by atoms with van der Waals surface area (Å²) in [6.45, 7) is 6.42. The smallest absolute Gasteiger partial charge is 0.223 e. The first-order valence-electron chi connectivity index (χ1n) is 5.26. The molecule has 14 heavy (non-hydrogen) atoms. The quantitative estimate of drug-likeness (QED) is 0.561. The lowest BCUT2D eigenvalue weighted by Crippen LogP contribution is -2.46. The third kappa shape index (κ3) is 1.91. The standard InChI is InChI=1S/C10H19N3O/c1-10(2,11)5-13-9(14)8-6-3-12-4-7(6)8/h6-8,12H,3-5,11H2,1-2H3,(H,13,14)/t6-,7+,8?. The summed E-state index contributed by atoms with van der Waals surface area (Å²) >= 11 is 0. The predicted molar refractivity (Wildman–Crippen MR) is 54.6 cm³/mol. The van der Waals surface area contributed by atoms with Gasteiger partial charge in [0.05, 0.1) is 0 Å². The van der Waals surface area contributed by atoms with Gasteiger partial charge in [0.1, 0.15) is 0 Å². The van der Waals surface area contributed by atoms with Gasteiger partial charge in [-0.1, -0.05) is 0 Å². The minimum atomic E-state index is -0.308. The van der Waals surface area contributed by atoms with Crippen LogP contribution in [0.25, 0.3) is 0 Å². The van der Waals surface area contributed by atoms with Gasteiger partial charge < -0.3 is 16.4 Å². The van der Waals surface area contributed by atoms with Crippen LogP contribution >= 0.6 is 0 Å². The Morgan fingerprint density at radius 1 is 1.50 bits per heavy atom. The molecule has 80 valence electrons. The predicted octanol–water partition coefficient (Wildman–Crippen LogP) is -0.695. The SMILES string of the molecule is CC(C)(N)CNC(=O)C1[C@H]2CNC[C@@H]12. The van der Waals surface area contributed by atoms with E-state index >= 15 is 0 Å². The summed E-state index contributed by atoms with van der Waals surface area (Å²) in [6, 6.07) is 0. The molecule has 1 saturated carbocycles. The Morgan fingerprint density at radius 3 is 2.57 bits per heavy atom. The molecule has 1 unspecified atom stereocenters. The molecule has 1 amide bonds. The number of rotatable bonds is 3. The van der Waals surface area contributed by atoms with E-state index in [9.17, 15) is 4.79 Å². The van der Waals surface area contributed by atoms with Crippen LogP contribution in [0, 0.1) is 17.8 Å². The first-order valence-corrected chi connectivity index (χ1v) is 5.26. The second-order valence-corrected chi connectivity index (χ2v) is 5.22. The molecule has 0 radical (unpaired) electrons. The summed E-state index contributed by atoms with van der Waals surface area (Å²) in [5.74, 6) is 1.64. The number of piperidine rings is 1. The van der Waals surface area contributed by atoms with E-state index in [0.717, 1.165) is 13.1 Å². The molecule has 0 spiro atoms. The second kappa shape index (κ2) is 3.21.